The molecule has 13 heavy (non-hydrogen) atoms. The van der Waals surface area contributed by atoms with Crippen LogP contribution in [0.15, 0.2) is 10.5 Å². The average molecular weight is 254 g/mol. The normalized spacial score (nSPS) is 10.5. The number of phenols is 1. The van der Waals surface area contributed by atoms with Crippen LogP contribution in [0.25, 0.3) is 0 Å². The van der Waals surface area contributed by atoms with E-state index in [1.807, 2.05) is 0 Å². The molecule has 0 aromatic heterocycles. The standard InChI is InChI=1S/C7H6BrF2NO2/c8-6-5(12)1-4(9)3(2-13-11)7(6)10/h1,12H,2,11H2. The van der Waals surface area contributed by atoms with Gasteiger partial charge in [0.15, 0.2) is 0 Å². The lowest BCUT2D eigenvalue weighted by molar-refractivity contribution is 0.118. The highest BCUT2D eigenvalue weighted by Crippen LogP contribution is 2.30. The molecule has 6 heteroatoms. The predicted octanol–water partition coefficient (Wildman–Crippen LogP) is 1.82. The molecule has 0 spiro atoms. The van der Waals surface area contributed by atoms with E-state index in [4.69, 9.17) is 5.11 Å². The van der Waals surface area contributed by atoms with Gasteiger partial charge in [-0.15, -0.1) is 0 Å². The fourth-order valence-corrected chi connectivity index (χ4v) is 1.19. The smallest absolute Gasteiger partial charge is 0.149 e. The lowest BCUT2D eigenvalue weighted by atomic mass is 10.2. The van der Waals surface area contributed by atoms with Gasteiger partial charge in [0.1, 0.15) is 17.4 Å². The molecule has 0 aliphatic carbocycles. The molecule has 0 atom stereocenters. The summed E-state index contributed by atoms with van der Waals surface area (Å²) in [7, 11) is 0. The summed E-state index contributed by atoms with van der Waals surface area (Å²) < 4.78 is 25.8. The molecule has 1 aromatic carbocycles. The van der Waals surface area contributed by atoms with Gasteiger partial charge < -0.3 is 5.11 Å². The first-order valence-corrected chi connectivity index (χ1v) is 4.04. The van der Waals surface area contributed by atoms with Crippen LogP contribution >= 0.6 is 15.9 Å². The number of rotatable bonds is 2. The topological polar surface area (TPSA) is 55.5 Å². The van der Waals surface area contributed by atoms with Crippen molar-refractivity contribution in [2.75, 3.05) is 0 Å². The van der Waals surface area contributed by atoms with E-state index in [1.165, 1.54) is 0 Å². The number of hydrogen-bond donors (Lipinski definition) is 2. The minimum Gasteiger partial charge on any atom is -0.507 e. The van der Waals surface area contributed by atoms with Crippen molar-refractivity contribution in [1.29, 1.82) is 0 Å². The molecule has 0 radical (unpaired) electrons. The van der Waals surface area contributed by atoms with E-state index in [0.29, 0.717) is 0 Å². The Morgan fingerprint density at radius 2 is 2.15 bits per heavy atom. The molecule has 3 N–H and O–H groups in total. The second kappa shape index (κ2) is 3.99. The largest absolute Gasteiger partial charge is 0.507 e. The summed E-state index contributed by atoms with van der Waals surface area (Å²) in [6, 6.07) is 0.779. The van der Waals surface area contributed by atoms with E-state index >= 15 is 0 Å². The molecule has 1 rings (SSSR count). The van der Waals surface area contributed by atoms with E-state index in [9.17, 15) is 8.78 Å². The Hall–Kier alpha value is -0.720. The first-order valence-electron chi connectivity index (χ1n) is 3.25. The lowest BCUT2D eigenvalue weighted by Gasteiger charge is -2.06. The zero-order chi connectivity index (χ0) is 10.0. The summed E-state index contributed by atoms with van der Waals surface area (Å²) in [4.78, 5) is 4.10. The van der Waals surface area contributed by atoms with Gasteiger partial charge in [-0.3, -0.25) is 4.84 Å². The molecule has 0 saturated heterocycles. The third-order valence-electron chi connectivity index (χ3n) is 1.46. The van der Waals surface area contributed by atoms with Gasteiger partial charge in [-0.05, 0) is 15.9 Å². The van der Waals surface area contributed by atoms with Crippen molar-refractivity contribution in [3.63, 3.8) is 0 Å². The molecule has 0 saturated carbocycles. The maximum atomic E-state index is 13.1. The van der Waals surface area contributed by atoms with E-state index in [-0.39, 0.29) is 10.0 Å². The van der Waals surface area contributed by atoms with Crippen molar-refractivity contribution >= 4 is 15.9 Å². The van der Waals surface area contributed by atoms with Crippen LogP contribution in [0.3, 0.4) is 0 Å². The minimum absolute atomic E-state index is 0.207. The highest BCUT2D eigenvalue weighted by atomic mass is 79.9. The molecule has 0 bridgehead atoms. The highest BCUT2D eigenvalue weighted by molar-refractivity contribution is 9.10. The minimum atomic E-state index is -0.914. The molecule has 0 amide bonds. The molecule has 0 unspecified atom stereocenters. The van der Waals surface area contributed by atoms with E-state index in [2.05, 4.69) is 26.7 Å². The zero-order valence-corrected chi connectivity index (χ0v) is 7.94. The fraction of sp³-hybridized carbons (Fsp3) is 0.143. The van der Waals surface area contributed by atoms with Crippen LogP contribution < -0.4 is 5.90 Å². The lowest BCUT2D eigenvalue weighted by Crippen LogP contribution is -2.04. The van der Waals surface area contributed by atoms with Crippen molar-refractivity contribution in [3.8, 4) is 5.75 Å². The third-order valence-corrected chi connectivity index (χ3v) is 2.22. The molecule has 72 valence electrons. The number of halogens is 3. The summed E-state index contributed by atoms with van der Waals surface area (Å²) >= 11 is 2.75. The second-order valence-corrected chi connectivity index (χ2v) is 3.09. The number of phenolic OH excluding ortho intramolecular Hbond substituents is 1. The first-order chi connectivity index (χ1) is 6.07. The molecule has 1 aromatic rings. The van der Waals surface area contributed by atoms with Gasteiger partial charge in [0.05, 0.1) is 16.6 Å². The van der Waals surface area contributed by atoms with E-state index in [1.54, 1.807) is 0 Å². The summed E-state index contributed by atoms with van der Waals surface area (Å²) in [6.45, 7) is -0.392. The summed E-state index contributed by atoms with van der Waals surface area (Å²) in [5, 5.41) is 8.97. The Balaban J connectivity index is 3.26. The number of aromatic hydroxyl groups is 1. The van der Waals surface area contributed by atoms with Gasteiger partial charge in [-0.1, -0.05) is 0 Å². The summed E-state index contributed by atoms with van der Waals surface area (Å²) in [5.74, 6) is 2.36. The van der Waals surface area contributed by atoms with Crippen LogP contribution in [0.5, 0.6) is 5.75 Å². The number of nitrogens with two attached hydrogens (primary N) is 1. The van der Waals surface area contributed by atoms with Crippen molar-refractivity contribution < 1.29 is 18.7 Å². The van der Waals surface area contributed by atoms with Crippen LogP contribution in [-0.4, -0.2) is 5.11 Å². The van der Waals surface area contributed by atoms with Crippen LogP contribution in [0.2, 0.25) is 0 Å². The molecule has 0 heterocycles. The Bertz CT molecular complexity index is 333. The van der Waals surface area contributed by atoms with Gasteiger partial charge in [0.2, 0.25) is 0 Å². The zero-order valence-electron chi connectivity index (χ0n) is 6.35. The molecular formula is C7H6BrF2NO2. The monoisotopic (exact) mass is 253 g/mol. The first kappa shape index (κ1) is 10.4. The summed E-state index contributed by atoms with van der Waals surface area (Å²) in [5.41, 5.74) is -0.327. The van der Waals surface area contributed by atoms with Crippen LogP contribution in [0, 0.1) is 11.6 Å². The number of benzene rings is 1. The quantitative estimate of drug-likeness (QED) is 0.625. The Labute approximate surface area is 81.2 Å². The Morgan fingerprint density at radius 3 is 2.69 bits per heavy atom. The highest BCUT2D eigenvalue weighted by Gasteiger charge is 2.16. The van der Waals surface area contributed by atoms with Gasteiger partial charge in [0, 0.05) is 6.07 Å². The molecule has 0 aliphatic heterocycles. The maximum Gasteiger partial charge on any atom is 0.149 e. The van der Waals surface area contributed by atoms with Crippen molar-refractivity contribution in [3.05, 3.63) is 27.7 Å². The fourth-order valence-electron chi connectivity index (χ4n) is 0.836. The second-order valence-electron chi connectivity index (χ2n) is 2.30. The predicted molar refractivity (Wildman–Crippen MR) is 44.7 cm³/mol. The maximum absolute atomic E-state index is 13.1. The Kier molecular flexibility index (Phi) is 3.18. The van der Waals surface area contributed by atoms with Crippen LogP contribution in [0.4, 0.5) is 8.78 Å². The van der Waals surface area contributed by atoms with E-state index in [0.717, 1.165) is 6.07 Å². The molecule has 0 aliphatic rings. The van der Waals surface area contributed by atoms with Crippen LogP contribution in [0.1, 0.15) is 5.56 Å². The van der Waals surface area contributed by atoms with Gasteiger partial charge in [-0.25, -0.2) is 14.7 Å². The van der Waals surface area contributed by atoms with E-state index < -0.39 is 24.0 Å². The third kappa shape index (κ3) is 1.96. The Morgan fingerprint density at radius 1 is 1.54 bits per heavy atom. The van der Waals surface area contributed by atoms with Gasteiger partial charge in [0.25, 0.3) is 0 Å². The average Bonchev–Trinajstić information content (AvgIpc) is 2.09. The van der Waals surface area contributed by atoms with Gasteiger partial charge in [-0.2, -0.15) is 0 Å². The van der Waals surface area contributed by atoms with Crippen LogP contribution in [-0.2, 0) is 11.4 Å². The van der Waals surface area contributed by atoms with Gasteiger partial charge >= 0.3 is 0 Å². The number of hydrogen-bond acceptors (Lipinski definition) is 3. The van der Waals surface area contributed by atoms with Crippen molar-refractivity contribution in [2.24, 2.45) is 5.90 Å². The molecule has 3 nitrogen and oxygen atoms in total. The SMILES string of the molecule is NOCc1c(F)cc(O)c(Br)c1F. The van der Waals surface area contributed by atoms with Crippen molar-refractivity contribution in [1.82, 2.24) is 0 Å². The van der Waals surface area contributed by atoms with Crippen molar-refractivity contribution in [2.45, 2.75) is 6.61 Å². The molecule has 0 fully saturated rings. The summed E-state index contributed by atoms with van der Waals surface area (Å²) in [6.07, 6.45) is 0. The molecular weight excluding hydrogens is 248 g/mol.